The summed E-state index contributed by atoms with van der Waals surface area (Å²) in [6.45, 7) is -0.207. The molecule has 2 aromatic carbocycles. The zero-order valence-corrected chi connectivity index (χ0v) is 18.6. The molecule has 2 heterocycles. The van der Waals surface area contributed by atoms with Crippen molar-refractivity contribution in [1.82, 2.24) is 14.9 Å². The number of ether oxygens (including phenoxy) is 2. The van der Waals surface area contributed by atoms with Gasteiger partial charge in [-0.25, -0.2) is 9.97 Å². The van der Waals surface area contributed by atoms with E-state index in [1.54, 1.807) is 17.3 Å². The summed E-state index contributed by atoms with van der Waals surface area (Å²) in [7, 11) is 1.51. The number of halogens is 3. The topological polar surface area (TPSA) is 64.5 Å². The van der Waals surface area contributed by atoms with Crippen LogP contribution in [0.1, 0.15) is 34.7 Å². The molecule has 1 aromatic heterocycles. The van der Waals surface area contributed by atoms with Crippen LogP contribution < -0.4 is 9.47 Å². The van der Waals surface area contributed by atoms with Gasteiger partial charge in [0.2, 0.25) is 0 Å². The molecule has 1 fully saturated rings. The smallest absolute Gasteiger partial charge is 0.422 e. The Morgan fingerprint density at radius 1 is 1.09 bits per heavy atom. The van der Waals surface area contributed by atoms with Gasteiger partial charge in [-0.05, 0) is 48.2 Å². The lowest BCUT2D eigenvalue weighted by atomic mass is 9.86. The van der Waals surface area contributed by atoms with Gasteiger partial charge in [-0.1, -0.05) is 24.3 Å². The van der Waals surface area contributed by atoms with Gasteiger partial charge in [-0.2, -0.15) is 13.2 Å². The van der Waals surface area contributed by atoms with Crippen LogP contribution >= 0.6 is 0 Å². The van der Waals surface area contributed by atoms with Crippen molar-refractivity contribution in [1.29, 1.82) is 0 Å². The molecular weight excluding hydrogens is 447 g/mol. The number of carbonyl (C=O) groups excluding carboxylic acids is 1. The molecule has 1 aliphatic heterocycles. The third-order valence-corrected chi connectivity index (χ3v) is 5.73. The minimum atomic E-state index is -4.41. The van der Waals surface area contributed by atoms with E-state index < -0.39 is 12.8 Å². The average molecular weight is 471 g/mol. The Labute approximate surface area is 195 Å². The largest absolute Gasteiger partial charge is 0.484 e. The maximum absolute atomic E-state index is 13.1. The molecular formula is C25H24F3N3O3. The molecule has 0 saturated carbocycles. The monoisotopic (exact) mass is 471 g/mol. The zero-order valence-electron chi connectivity index (χ0n) is 18.6. The van der Waals surface area contributed by atoms with Gasteiger partial charge in [-0.3, -0.25) is 4.79 Å². The van der Waals surface area contributed by atoms with Crippen molar-refractivity contribution in [2.75, 3.05) is 26.8 Å². The highest BCUT2D eigenvalue weighted by Crippen LogP contribution is 2.34. The van der Waals surface area contributed by atoms with E-state index in [2.05, 4.69) is 16.0 Å². The Kier molecular flexibility index (Phi) is 7.00. The van der Waals surface area contributed by atoms with Gasteiger partial charge >= 0.3 is 12.2 Å². The summed E-state index contributed by atoms with van der Waals surface area (Å²) in [6.07, 6.45) is 0.807. The van der Waals surface area contributed by atoms with Gasteiger partial charge in [0.15, 0.2) is 6.61 Å². The number of likely N-dealkylation sites (tertiary alicyclic amines) is 1. The van der Waals surface area contributed by atoms with E-state index in [9.17, 15) is 18.0 Å². The van der Waals surface area contributed by atoms with Gasteiger partial charge in [0.25, 0.3) is 5.91 Å². The quantitative estimate of drug-likeness (QED) is 0.500. The first kappa shape index (κ1) is 23.5. The molecule has 4 rings (SSSR count). The zero-order chi connectivity index (χ0) is 24.1. The summed E-state index contributed by atoms with van der Waals surface area (Å²) >= 11 is 0. The molecule has 1 aliphatic rings. The Bertz CT molecular complexity index is 1120. The van der Waals surface area contributed by atoms with Crippen LogP contribution in [0.4, 0.5) is 13.2 Å². The highest BCUT2D eigenvalue weighted by atomic mass is 19.4. The molecule has 9 heteroatoms. The van der Waals surface area contributed by atoms with Crippen LogP contribution in [0.15, 0.2) is 60.9 Å². The molecule has 1 saturated heterocycles. The van der Waals surface area contributed by atoms with Crippen LogP contribution in [-0.4, -0.2) is 53.8 Å². The van der Waals surface area contributed by atoms with Gasteiger partial charge in [0.1, 0.15) is 5.75 Å². The fourth-order valence-corrected chi connectivity index (χ4v) is 4.13. The molecule has 0 bridgehead atoms. The second-order valence-electron chi connectivity index (χ2n) is 8.06. The number of hydrogen-bond acceptors (Lipinski definition) is 5. The molecule has 34 heavy (non-hydrogen) atoms. The molecule has 6 nitrogen and oxygen atoms in total. The summed E-state index contributed by atoms with van der Waals surface area (Å²) in [5.41, 5.74) is 3.41. The van der Waals surface area contributed by atoms with E-state index in [-0.39, 0.29) is 17.6 Å². The van der Waals surface area contributed by atoms with E-state index in [0.717, 1.165) is 29.5 Å². The fraction of sp³-hybridized carbons (Fsp3) is 0.320. The fourth-order valence-electron chi connectivity index (χ4n) is 4.13. The number of methoxy groups -OCH3 is 1. The highest BCUT2D eigenvalue weighted by Gasteiger charge is 2.29. The van der Waals surface area contributed by atoms with E-state index in [4.69, 9.17) is 9.47 Å². The molecule has 1 amide bonds. The number of amides is 1. The second-order valence-corrected chi connectivity index (χ2v) is 8.06. The van der Waals surface area contributed by atoms with Crippen LogP contribution in [0.25, 0.3) is 11.1 Å². The van der Waals surface area contributed by atoms with E-state index in [0.29, 0.717) is 24.7 Å². The average Bonchev–Trinajstić information content (AvgIpc) is 2.87. The summed E-state index contributed by atoms with van der Waals surface area (Å²) in [6, 6.07) is 14.1. The lowest BCUT2D eigenvalue weighted by Crippen LogP contribution is -2.39. The van der Waals surface area contributed by atoms with Crippen LogP contribution in [0, 0.1) is 0 Å². The summed E-state index contributed by atoms with van der Waals surface area (Å²) in [5, 5.41) is 0. The molecule has 1 atom stereocenters. The number of alkyl halides is 3. The first-order valence-electron chi connectivity index (χ1n) is 10.9. The van der Waals surface area contributed by atoms with Crippen molar-refractivity contribution in [3.63, 3.8) is 0 Å². The number of carbonyl (C=O) groups is 1. The Balaban J connectivity index is 1.48. The van der Waals surface area contributed by atoms with Crippen LogP contribution in [0.3, 0.4) is 0 Å². The second kappa shape index (κ2) is 10.1. The molecule has 0 N–H and O–H groups in total. The van der Waals surface area contributed by atoms with Crippen LogP contribution in [0.2, 0.25) is 0 Å². The van der Waals surface area contributed by atoms with E-state index >= 15 is 0 Å². The van der Waals surface area contributed by atoms with Gasteiger partial charge in [0.05, 0.1) is 7.11 Å². The number of piperidine rings is 1. The third kappa shape index (κ3) is 5.65. The molecule has 1 unspecified atom stereocenters. The first-order chi connectivity index (χ1) is 16.3. The van der Waals surface area contributed by atoms with Crippen molar-refractivity contribution in [3.8, 4) is 22.9 Å². The maximum atomic E-state index is 13.1. The Morgan fingerprint density at radius 3 is 2.47 bits per heavy atom. The summed E-state index contributed by atoms with van der Waals surface area (Å²) in [4.78, 5) is 23.3. The SMILES string of the molecule is COc1ncc(-c2ccccc2C2CCCN(C(=O)c3ccc(OCC(F)(F)F)cc3)C2)cn1. The first-order valence-corrected chi connectivity index (χ1v) is 10.9. The molecule has 178 valence electrons. The summed E-state index contributed by atoms with van der Waals surface area (Å²) in [5.74, 6) is 0.0451. The van der Waals surface area contributed by atoms with Gasteiger partial charge in [0, 0.05) is 42.5 Å². The molecule has 0 aliphatic carbocycles. The molecule has 0 radical (unpaired) electrons. The van der Waals surface area contributed by atoms with Crippen molar-refractivity contribution in [3.05, 3.63) is 72.1 Å². The number of aromatic nitrogens is 2. The minimum Gasteiger partial charge on any atom is -0.484 e. The van der Waals surface area contributed by atoms with Gasteiger partial charge < -0.3 is 14.4 Å². The predicted molar refractivity (Wildman–Crippen MR) is 120 cm³/mol. The minimum absolute atomic E-state index is 0.0704. The predicted octanol–water partition coefficient (Wildman–Crippen LogP) is 5.11. The lowest BCUT2D eigenvalue weighted by molar-refractivity contribution is -0.153. The van der Waals surface area contributed by atoms with Crippen LogP contribution in [0.5, 0.6) is 11.8 Å². The standard InChI is InChI=1S/C25H24F3N3O3/c1-33-24-29-13-19(14-30-24)22-7-3-2-6-21(22)18-5-4-12-31(15-18)23(32)17-8-10-20(11-9-17)34-16-25(26,27)28/h2-3,6-11,13-14,18H,4-5,12,15-16H2,1H3. The highest BCUT2D eigenvalue weighted by molar-refractivity contribution is 5.94. The number of nitrogens with zero attached hydrogens (tertiary/aromatic N) is 3. The third-order valence-electron chi connectivity index (χ3n) is 5.73. The Morgan fingerprint density at radius 2 is 1.79 bits per heavy atom. The lowest BCUT2D eigenvalue weighted by Gasteiger charge is -2.34. The van der Waals surface area contributed by atoms with Crippen molar-refractivity contribution < 1.29 is 27.4 Å². The van der Waals surface area contributed by atoms with Gasteiger partial charge in [-0.15, -0.1) is 0 Å². The van der Waals surface area contributed by atoms with E-state index in [1.807, 2.05) is 18.2 Å². The van der Waals surface area contributed by atoms with Crippen molar-refractivity contribution in [2.24, 2.45) is 0 Å². The van der Waals surface area contributed by atoms with E-state index in [1.165, 1.54) is 31.4 Å². The molecule has 3 aromatic rings. The molecule has 0 spiro atoms. The maximum Gasteiger partial charge on any atom is 0.422 e. The number of benzene rings is 2. The van der Waals surface area contributed by atoms with Crippen molar-refractivity contribution in [2.45, 2.75) is 24.9 Å². The summed E-state index contributed by atoms with van der Waals surface area (Å²) < 4.78 is 46.8. The Hall–Kier alpha value is -3.62. The normalized spacial score (nSPS) is 16.2. The number of rotatable bonds is 6. The number of hydrogen-bond donors (Lipinski definition) is 0. The van der Waals surface area contributed by atoms with Crippen molar-refractivity contribution >= 4 is 5.91 Å². The van der Waals surface area contributed by atoms with Crippen LogP contribution in [-0.2, 0) is 0 Å².